The van der Waals surface area contributed by atoms with Crippen LogP contribution in [0.1, 0.15) is 30.1 Å². The molecule has 1 aliphatic heterocycles. The summed E-state index contributed by atoms with van der Waals surface area (Å²) in [6.07, 6.45) is 4.25. The minimum absolute atomic E-state index is 0.0875. The van der Waals surface area contributed by atoms with Crippen LogP contribution < -0.4 is 5.32 Å². The average Bonchev–Trinajstić information content (AvgIpc) is 2.38. The van der Waals surface area contributed by atoms with Crippen LogP contribution in [0.15, 0.2) is 18.3 Å². The van der Waals surface area contributed by atoms with Crippen molar-refractivity contribution in [2.75, 3.05) is 23.4 Å². The van der Waals surface area contributed by atoms with Gasteiger partial charge in [-0.25, -0.2) is 4.98 Å². The average molecular weight is 250 g/mol. The number of pyridine rings is 1. The molecule has 0 saturated carbocycles. The van der Waals surface area contributed by atoms with Crippen molar-refractivity contribution in [1.29, 1.82) is 0 Å². The smallest absolute Gasteiger partial charge is 0.159 e. The SMILES string of the molecule is CC(=O)c1ccnc(NCC2CCSCC2)c1. The van der Waals surface area contributed by atoms with Gasteiger partial charge in [0.2, 0.25) is 0 Å². The lowest BCUT2D eigenvalue weighted by Gasteiger charge is -2.21. The summed E-state index contributed by atoms with van der Waals surface area (Å²) < 4.78 is 0. The number of nitrogens with one attached hydrogen (secondary N) is 1. The first-order valence-electron chi connectivity index (χ1n) is 6.04. The van der Waals surface area contributed by atoms with E-state index in [1.165, 1.54) is 24.3 Å². The quantitative estimate of drug-likeness (QED) is 0.834. The van der Waals surface area contributed by atoms with Crippen molar-refractivity contribution in [2.24, 2.45) is 5.92 Å². The van der Waals surface area contributed by atoms with Gasteiger partial charge in [-0.15, -0.1) is 0 Å². The Kier molecular flexibility index (Phi) is 4.42. The molecule has 0 aromatic carbocycles. The third kappa shape index (κ3) is 3.73. The summed E-state index contributed by atoms with van der Waals surface area (Å²) in [6.45, 7) is 2.55. The molecular weight excluding hydrogens is 232 g/mol. The number of nitrogens with zero attached hydrogens (tertiary/aromatic N) is 1. The Morgan fingerprint density at radius 1 is 1.53 bits per heavy atom. The third-order valence-corrected chi connectivity index (χ3v) is 4.13. The molecule has 0 radical (unpaired) electrons. The maximum Gasteiger partial charge on any atom is 0.159 e. The summed E-state index contributed by atoms with van der Waals surface area (Å²) in [6, 6.07) is 3.59. The maximum absolute atomic E-state index is 11.2. The molecule has 4 heteroatoms. The van der Waals surface area contributed by atoms with Crippen LogP contribution in [0.2, 0.25) is 0 Å². The van der Waals surface area contributed by atoms with Gasteiger partial charge in [0.05, 0.1) is 0 Å². The van der Waals surface area contributed by atoms with Crippen LogP contribution in [-0.2, 0) is 0 Å². The van der Waals surface area contributed by atoms with Gasteiger partial charge in [0.1, 0.15) is 5.82 Å². The Morgan fingerprint density at radius 3 is 3.00 bits per heavy atom. The number of hydrogen-bond acceptors (Lipinski definition) is 4. The number of Topliss-reactive ketones (excluding diaryl/α,β-unsaturated/α-hetero) is 1. The van der Waals surface area contributed by atoms with Crippen molar-refractivity contribution < 1.29 is 4.79 Å². The number of carbonyl (C=O) groups excluding carboxylic acids is 1. The van der Waals surface area contributed by atoms with E-state index in [1.54, 1.807) is 19.2 Å². The monoisotopic (exact) mass is 250 g/mol. The fraction of sp³-hybridized carbons (Fsp3) is 0.538. The summed E-state index contributed by atoms with van der Waals surface area (Å²) in [5.41, 5.74) is 0.724. The van der Waals surface area contributed by atoms with E-state index in [0.717, 1.165) is 23.8 Å². The first kappa shape index (κ1) is 12.4. The maximum atomic E-state index is 11.2. The number of hydrogen-bond donors (Lipinski definition) is 1. The van der Waals surface area contributed by atoms with Gasteiger partial charge in [-0.2, -0.15) is 11.8 Å². The molecule has 0 bridgehead atoms. The van der Waals surface area contributed by atoms with Gasteiger partial charge >= 0.3 is 0 Å². The predicted molar refractivity (Wildman–Crippen MR) is 72.8 cm³/mol. The van der Waals surface area contributed by atoms with E-state index in [0.29, 0.717) is 0 Å². The van der Waals surface area contributed by atoms with E-state index < -0.39 is 0 Å². The normalized spacial score (nSPS) is 16.8. The van der Waals surface area contributed by atoms with Crippen LogP contribution in [0.4, 0.5) is 5.82 Å². The topological polar surface area (TPSA) is 42.0 Å². The van der Waals surface area contributed by atoms with Gasteiger partial charge in [-0.3, -0.25) is 4.79 Å². The van der Waals surface area contributed by atoms with Gasteiger partial charge in [0.15, 0.2) is 5.78 Å². The highest BCUT2D eigenvalue weighted by Gasteiger charge is 2.13. The molecule has 1 fully saturated rings. The van der Waals surface area contributed by atoms with Crippen LogP contribution in [0, 0.1) is 5.92 Å². The number of rotatable bonds is 4. The fourth-order valence-electron chi connectivity index (χ4n) is 1.95. The molecule has 17 heavy (non-hydrogen) atoms. The van der Waals surface area contributed by atoms with E-state index in [9.17, 15) is 4.79 Å². The molecule has 92 valence electrons. The van der Waals surface area contributed by atoms with E-state index in [4.69, 9.17) is 0 Å². The van der Waals surface area contributed by atoms with E-state index >= 15 is 0 Å². The Morgan fingerprint density at radius 2 is 2.29 bits per heavy atom. The van der Waals surface area contributed by atoms with Crippen molar-refractivity contribution in [2.45, 2.75) is 19.8 Å². The van der Waals surface area contributed by atoms with E-state index in [2.05, 4.69) is 10.3 Å². The highest BCUT2D eigenvalue weighted by atomic mass is 32.2. The van der Waals surface area contributed by atoms with Gasteiger partial charge in [0, 0.05) is 18.3 Å². The second-order valence-corrected chi connectivity index (χ2v) is 5.65. The van der Waals surface area contributed by atoms with Crippen LogP contribution >= 0.6 is 11.8 Å². The molecule has 3 nitrogen and oxygen atoms in total. The molecule has 1 N–H and O–H groups in total. The second kappa shape index (κ2) is 6.05. The zero-order valence-electron chi connectivity index (χ0n) is 10.1. The lowest BCUT2D eigenvalue weighted by molar-refractivity contribution is 0.101. The standard InChI is InChI=1S/C13H18N2OS/c1-10(16)12-2-5-14-13(8-12)15-9-11-3-6-17-7-4-11/h2,5,8,11H,3-4,6-7,9H2,1H3,(H,14,15). The molecule has 1 aromatic heterocycles. The first-order chi connectivity index (χ1) is 8.25. The summed E-state index contributed by atoms with van der Waals surface area (Å²) >= 11 is 2.04. The summed E-state index contributed by atoms with van der Waals surface area (Å²) in [5.74, 6) is 4.19. The van der Waals surface area contributed by atoms with Gasteiger partial charge < -0.3 is 5.32 Å². The number of carbonyl (C=O) groups is 1. The number of aromatic nitrogens is 1. The summed E-state index contributed by atoms with van der Waals surface area (Å²) in [4.78, 5) is 15.5. The largest absolute Gasteiger partial charge is 0.370 e. The van der Waals surface area contributed by atoms with Crippen LogP contribution in [0.3, 0.4) is 0 Å². The molecular formula is C13H18N2OS. The highest BCUT2D eigenvalue weighted by molar-refractivity contribution is 7.99. The molecule has 1 aromatic rings. The lowest BCUT2D eigenvalue weighted by Crippen LogP contribution is -2.19. The zero-order valence-corrected chi connectivity index (χ0v) is 10.9. The van der Waals surface area contributed by atoms with Crippen LogP contribution in [0.25, 0.3) is 0 Å². The van der Waals surface area contributed by atoms with Gasteiger partial charge in [-0.05, 0) is 49.3 Å². The molecule has 2 rings (SSSR count). The highest BCUT2D eigenvalue weighted by Crippen LogP contribution is 2.22. The van der Waals surface area contributed by atoms with Crippen molar-refractivity contribution in [3.05, 3.63) is 23.9 Å². The van der Waals surface area contributed by atoms with Crippen molar-refractivity contribution >= 4 is 23.4 Å². The molecule has 1 aliphatic rings. The minimum Gasteiger partial charge on any atom is -0.370 e. The number of anilines is 1. The van der Waals surface area contributed by atoms with E-state index in [-0.39, 0.29) is 5.78 Å². The van der Waals surface area contributed by atoms with Crippen molar-refractivity contribution in [1.82, 2.24) is 4.98 Å². The Balaban J connectivity index is 1.89. The summed E-state index contributed by atoms with van der Waals surface area (Å²) in [5, 5.41) is 3.34. The van der Waals surface area contributed by atoms with Gasteiger partial charge in [-0.1, -0.05) is 0 Å². The molecule has 0 amide bonds. The van der Waals surface area contributed by atoms with Crippen LogP contribution in [-0.4, -0.2) is 28.8 Å². The summed E-state index contributed by atoms with van der Waals surface area (Å²) in [7, 11) is 0. The molecule has 2 heterocycles. The Bertz CT molecular complexity index is 389. The number of ketones is 1. The number of thioether (sulfide) groups is 1. The van der Waals surface area contributed by atoms with Gasteiger partial charge in [0.25, 0.3) is 0 Å². The molecule has 0 spiro atoms. The van der Waals surface area contributed by atoms with E-state index in [1.807, 2.05) is 17.8 Å². The Hall–Kier alpha value is -1.03. The molecule has 1 saturated heterocycles. The fourth-order valence-corrected chi connectivity index (χ4v) is 3.15. The van der Waals surface area contributed by atoms with Crippen LogP contribution in [0.5, 0.6) is 0 Å². The second-order valence-electron chi connectivity index (χ2n) is 4.42. The minimum atomic E-state index is 0.0875. The Labute approximate surface area is 106 Å². The molecule has 0 unspecified atom stereocenters. The molecule has 0 atom stereocenters. The first-order valence-corrected chi connectivity index (χ1v) is 7.20. The third-order valence-electron chi connectivity index (χ3n) is 3.08. The zero-order chi connectivity index (χ0) is 12.1. The predicted octanol–water partition coefficient (Wildman–Crippen LogP) is 2.84. The van der Waals surface area contributed by atoms with Crippen molar-refractivity contribution in [3.8, 4) is 0 Å². The van der Waals surface area contributed by atoms with Crippen molar-refractivity contribution in [3.63, 3.8) is 0 Å². The lowest BCUT2D eigenvalue weighted by atomic mass is 10.0. The molecule has 0 aliphatic carbocycles.